The van der Waals surface area contributed by atoms with Crippen molar-refractivity contribution in [3.05, 3.63) is 12.2 Å². The van der Waals surface area contributed by atoms with Crippen LogP contribution in [-0.2, 0) is 19.1 Å². The number of urea groups is 1. The number of ether oxygens (including phenoxy) is 2. The predicted octanol–water partition coefficient (Wildman–Crippen LogP) is 1.67. The van der Waals surface area contributed by atoms with Crippen molar-refractivity contribution < 1.29 is 23.9 Å². The van der Waals surface area contributed by atoms with Crippen molar-refractivity contribution in [2.24, 2.45) is 0 Å². The molecule has 0 saturated heterocycles. The molecule has 0 aliphatic heterocycles. The number of esters is 2. The maximum Gasteiger partial charge on any atom is 0.331 e. The van der Waals surface area contributed by atoms with Gasteiger partial charge in [0.25, 0.3) is 0 Å². The topological polar surface area (TPSA) is 93.7 Å². The SMILES string of the molecule is COC(=O)/C=C/C(=O)OC1CCC(NC(=O)NC(C)(C)C)CC1. The molecule has 23 heavy (non-hydrogen) atoms. The van der Waals surface area contributed by atoms with Crippen LogP contribution in [-0.4, -0.2) is 42.8 Å². The molecule has 0 bridgehead atoms. The molecule has 0 heterocycles. The van der Waals surface area contributed by atoms with Gasteiger partial charge in [-0.15, -0.1) is 0 Å². The van der Waals surface area contributed by atoms with Crippen molar-refractivity contribution in [2.75, 3.05) is 7.11 Å². The Hall–Kier alpha value is -2.05. The molecule has 7 heteroatoms. The van der Waals surface area contributed by atoms with E-state index >= 15 is 0 Å². The number of rotatable bonds is 4. The Morgan fingerprint density at radius 2 is 1.57 bits per heavy atom. The third-order valence-corrected chi connectivity index (χ3v) is 3.34. The summed E-state index contributed by atoms with van der Waals surface area (Å²) in [7, 11) is 1.24. The maximum absolute atomic E-state index is 11.8. The van der Waals surface area contributed by atoms with E-state index in [0.29, 0.717) is 12.8 Å². The molecule has 0 aromatic rings. The highest BCUT2D eigenvalue weighted by molar-refractivity contribution is 5.91. The fourth-order valence-corrected chi connectivity index (χ4v) is 2.29. The molecule has 2 amide bonds. The second-order valence-electron chi connectivity index (χ2n) is 6.62. The van der Waals surface area contributed by atoms with Gasteiger partial charge in [0.15, 0.2) is 0 Å². The Morgan fingerprint density at radius 3 is 2.09 bits per heavy atom. The smallest absolute Gasteiger partial charge is 0.331 e. The number of carbonyl (C=O) groups is 3. The van der Waals surface area contributed by atoms with Crippen molar-refractivity contribution in [1.29, 1.82) is 0 Å². The number of hydrogen-bond acceptors (Lipinski definition) is 5. The number of carbonyl (C=O) groups excluding carboxylic acids is 3. The van der Waals surface area contributed by atoms with Crippen LogP contribution in [0.5, 0.6) is 0 Å². The highest BCUT2D eigenvalue weighted by Crippen LogP contribution is 2.21. The van der Waals surface area contributed by atoms with E-state index in [4.69, 9.17) is 4.74 Å². The summed E-state index contributed by atoms with van der Waals surface area (Å²) in [6, 6.07) is -0.100. The standard InChI is InChI=1S/C16H26N2O5/c1-16(2,3)18-15(21)17-11-5-7-12(8-6-11)23-14(20)10-9-13(19)22-4/h9-12H,5-8H2,1-4H3,(H2,17,18,21)/b10-9+. The van der Waals surface area contributed by atoms with E-state index in [1.165, 1.54) is 7.11 Å². The van der Waals surface area contributed by atoms with Gasteiger partial charge in [0.2, 0.25) is 0 Å². The maximum atomic E-state index is 11.8. The zero-order chi connectivity index (χ0) is 17.5. The zero-order valence-corrected chi connectivity index (χ0v) is 14.2. The van der Waals surface area contributed by atoms with Crippen LogP contribution in [0.4, 0.5) is 4.79 Å². The fraction of sp³-hybridized carbons (Fsp3) is 0.688. The Labute approximate surface area is 136 Å². The molecule has 0 aromatic heterocycles. The first kappa shape index (κ1) is 19.0. The van der Waals surface area contributed by atoms with Crippen LogP contribution in [0.15, 0.2) is 12.2 Å². The lowest BCUT2D eigenvalue weighted by Gasteiger charge is -2.30. The minimum absolute atomic E-state index is 0.0814. The fourth-order valence-electron chi connectivity index (χ4n) is 2.29. The first-order chi connectivity index (χ1) is 10.7. The van der Waals surface area contributed by atoms with Crippen LogP contribution in [0.3, 0.4) is 0 Å². The summed E-state index contributed by atoms with van der Waals surface area (Å²) in [5.74, 6) is -1.16. The lowest BCUT2D eigenvalue weighted by Crippen LogP contribution is -2.50. The van der Waals surface area contributed by atoms with Gasteiger partial charge in [0.05, 0.1) is 7.11 Å². The number of nitrogens with one attached hydrogen (secondary N) is 2. The molecule has 0 unspecified atom stereocenters. The molecule has 1 aliphatic rings. The van der Waals surface area contributed by atoms with Crippen molar-refractivity contribution >= 4 is 18.0 Å². The van der Waals surface area contributed by atoms with Crippen molar-refractivity contribution in [3.8, 4) is 0 Å². The minimum Gasteiger partial charge on any atom is -0.466 e. The van der Waals surface area contributed by atoms with Gasteiger partial charge in [-0.05, 0) is 46.5 Å². The highest BCUT2D eigenvalue weighted by Gasteiger charge is 2.25. The van der Waals surface area contributed by atoms with Gasteiger partial charge < -0.3 is 20.1 Å². The van der Waals surface area contributed by atoms with E-state index in [0.717, 1.165) is 25.0 Å². The Morgan fingerprint density at radius 1 is 1.00 bits per heavy atom. The summed E-state index contributed by atoms with van der Waals surface area (Å²) in [5.41, 5.74) is -0.275. The first-order valence-electron chi connectivity index (χ1n) is 7.75. The molecule has 1 saturated carbocycles. The second kappa shape index (κ2) is 8.55. The average molecular weight is 326 g/mol. The largest absolute Gasteiger partial charge is 0.466 e. The number of hydrogen-bond donors (Lipinski definition) is 2. The molecule has 0 atom stereocenters. The van der Waals surface area contributed by atoms with Gasteiger partial charge in [-0.25, -0.2) is 14.4 Å². The quantitative estimate of drug-likeness (QED) is 0.605. The number of amides is 2. The summed E-state index contributed by atoms with van der Waals surface area (Å²) >= 11 is 0. The summed E-state index contributed by atoms with van der Waals surface area (Å²) in [6.45, 7) is 5.76. The van der Waals surface area contributed by atoms with E-state index in [9.17, 15) is 14.4 Å². The number of methoxy groups -OCH3 is 1. The second-order valence-corrected chi connectivity index (χ2v) is 6.62. The molecule has 1 fully saturated rings. The van der Waals surface area contributed by atoms with Crippen molar-refractivity contribution in [1.82, 2.24) is 10.6 Å². The van der Waals surface area contributed by atoms with Gasteiger partial charge in [0, 0.05) is 23.7 Å². The van der Waals surface area contributed by atoms with E-state index in [2.05, 4.69) is 15.4 Å². The first-order valence-corrected chi connectivity index (χ1v) is 7.75. The Kier molecular flexibility index (Phi) is 7.06. The van der Waals surface area contributed by atoms with Crippen LogP contribution in [0.1, 0.15) is 46.5 Å². The molecule has 7 nitrogen and oxygen atoms in total. The van der Waals surface area contributed by atoms with Crippen LogP contribution in [0.25, 0.3) is 0 Å². The summed E-state index contributed by atoms with van der Waals surface area (Å²) in [4.78, 5) is 34.2. The van der Waals surface area contributed by atoms with Crippen LogP contribution >= 0.6 is 0 Å². The highest BCUT2D eigenvalue weighted by atomic mass is 16.5. The van der Waals surface area contributed by atoms with Crippen LogP contribution in [0, 0.1) is 0 Å². The average Bonchev–Trinajstić information content (AvgIpc) is 2.44. The third kappa shape index (κ3) is 8.23. The lowest BCUT2D eigenvalue weighted by atomic mass is 9.93. The molecule has 0 spiro atoms. The van der Waals surface area contributed by atoms with Crippen LogP contribution < -0.4 is 10.6 Å². The monoisotopic (exact) mass is 326 g/mol. The normalized spacial score (nSPS) is 21.6. The van der Waals surface area contributed by atoms with E-state index in [1.807, 2.05) is 20.8 Å². The Balaban J connectivity index is 2.30. The van der Waals surface area contributed by atoms with Gasteiger partial charge in [-0.1, -0.05) is 0 Å². The van der Waals surface area contributed by atoms with E-state index in [-0.39, 0.29) is 23.7 Å². The molecular formula is C16H26N2O5. The summed E-state index contributed by atoms with van der Waals surface area (Å²) < 4.78 is 9.65. The molecule has 2 N–H and O–H groups in total. The molecule has 1 rings (SSSR count). The summed E-state index contributed by atoms with van der Waals surface area (Å²) in [5, 5.41) is 5.79. The lowest BCUT2D eigenvalue weighted by molar-refractivity contribution is -0.145. The third-order valence-electron chi connectivity index (χ3n) is 3.34. The van der Waals surface area contributed by atoms with Gasteiger partial charge in [0.1, 0.15) is 6.10 Å². The minimum atomic E-state index is -0.597. The molecule has 0 radical (unpaired) electrons. The summed E-state index contributed by atoms with van der Waals surface area (Å²) in [6.07, 6.45) is 4.76. The van der Waals surface area contributed by atoms with E-state index < -0.39 is 11.9 Å². The molecular weight excluding hydrogens is 300 g/mol. The molecule has 1 aliphatic carbocycles. The van der Waals surface area contributed by atoms with Crippen molar-refractivity contribution in [2.45, 2.75) is 64.1 Å². The zero-order valence-electron chi connectivity index (χ0n) is 14.2. The van der Waals surface area contributed by atoms with Crippen LogP contribution in [0.2, 0.25) is 0 Å². The van der Waals surface area contributed by atoms with Gasteiger partial charge in [-0.2, -0.15) is 0 Å². The van der Waals surface area contributed by atoms with E-state index in [1.54, 1.807) is 0 Å². The molecule has 0 aromatic carbocycles. The van der Waals surface area contributed by atoms with Gasteiger partial charge in [-0.3, -0.25) is 0 Å². The van der Waals surface area contributed by atoms with Gasteiger partial charge >= 0.3 is 18.0 Å². The molecule has 130 valence electrons. The van der Waals surface area contributed by atoms with Crippen molar-refractivity contribution in [3.63, 3.8) is 0 Å². The predicted molar refractivity (Wildman–Crippen MR) is 84.7 cm³/mol. The Bertz CT molecular complexity index is 460.